The molecule has 6 rings (SSSR count). The molecule has 3 heterocycles. The lowest BCUT2D eigenvalue weighted by Gasteiger charge is -2.20. The van der Waals surface area contributed by atoms with E-state index in [1.54, 1.807) is 0 Å². The molecule has 0 fully saturated rings. The average Bonchev–Trinajstić information content (AvgIpc) is 3.73. The van der Waals surface area contributed by atoms with Gasteiger partial charge >= 0.3 is 0 Å². The van der Waals surface area contributed by atoms with E-state index >= 15 is 0 Å². The Bertz CT molecular complexity index is 1160. The summed E-state index contributed by atoms with van der Waals surface area (Å²) in [6, 6.07) is 31.8. The quantitative estimate of drug-likeness (QED) is 0.344. The van der Waals surface area contributed by atoms with Gasteiger partial charge in [0.25, 0.3) is 0 Å². The summed E-state index contributed by atoms with van der Waals surface area (Å²) in [6.45, 7) is 3.48. The molecule has 0 saturated heterocycles. The summed E-state index contributed by atoms with van der Waals surface area (Å²) in [7, 11) is 0. The SMILES string of the molecule is c1ccc(C[C@H]2COC(CN(CC3=N[C@@H](Cc4ccccc4)CO3)CC3=N[C@@H](Cc4ccccc4)CO3)=N2)cc1. The van der Waals surface area contributed by atoms with Gasteiger partial charge in [-0.15, -0.1) is 0 Å². The standard InChI is InChI=1S/C33H36N4O3/c1-4-10-25(11-5-1)16-28-22-38-31(34-28)19-37(20-32-35-29(23-39-32)17-26-12-6-2-7-13-26)21-33-36-30(24-40-33)18-27-14-8-3-9-15-27/h1-15,28-30H,16-24H2/t28-,29-,30-/m0/s1. The van der Waals surface area contributed by atoms with Crippen LogP contribution >= 0.6 is 0 Å². The lowest BCUT2D eigenvalue weighted by Crippen LogP contribution is -2.38. The van der Waals surface area contributed by atoms with Gasteiger partial charge in [0.05, 0.1) is 37.8 Å². The van der Waals surface area contributed by atoms with Gasteiger partial charge in [-0.2, -0.15) is 0 Å². The molecule has 3 aliphatic heterocycles. The highest BCUT2D eigenvalue weighted by Gasteiger charge is 2.28. The second-order valence-corrected chi connectivity index (χ2v) is 10.7. The zero-order valence-electron chi connectivity index (χ0n) is 22.8. The molecule has 0 N–H and O–H groups in total. The van der Waals surface area contributed by atoms with E-state index in [2.05, 4.69) is 77.7 Å². The Morgan fingerprint density at radius 1 is 0.475 bits per heavy atom. The van der Waals surface area contributed by atoms with Crippen LogP contribution in [0.5, 0.6) is 0 Å². The van der Waals surface area contributed by atoms with Crippen molar-refractivity contribution in [2.24, 2.45) is 15.0 Å². The summed E-state index contributed by atoms with van der Waals surface area (Å²) in [5.41, 5.74) is 3.82. The van der Waals surface area contributed by atoms with Gasteiger partial charge in [-0.3, -0.25) is 4.90 Å². The lowest BCUT2D eigenvalue weighted by atomic mass is 10.1. The van der Waals surface area contributed by atoms with Gasteiger partial charge in [-0.25, -0.2) is 15.0 Å². The predicted octanol–water partition coefficient (Wildman–Crippen LogP) is 4.41. The first-order chi connectivity index (χ1) is 19.7. The molecule has 206 valence electrons. The maximum atomic E-state index is 6.04. The molecule has 0 amide bonds. The molecule has 0 saturated carbocycles. The monoisotopic (exact) mass is 536 g/mol. The van der Waals surface area contributed by atoms with Crippen LogP contribution in [0.3, 0.4) is 0 Å². The number of benzene rings is 3. The molecular formula is C33H36N4O3. The lowest BCUT2D eigenvalue weighted by molar-refractivity contribution is 0.257. The Hall–Kier alpha value is -3.97. The molecule has 3 atom stereocenters. The van der Waals surface area contributed by atoms with Crippen LogP contribution in [0, 0.1) is 0 Å². The average molecular weight is 537 g/mol. The van der Waals surface area contributed by atoms with Crippen molar-refractivity contribution in [2.45, 2.75) is 37.4 Å². The highest BCUT2D eigenvalue weighted by molar-refractivity contribution is 5.85. The van der Waals surface area contributed by atoms with Crippen LogP contribution in [-0.4, -0.2) is 80.2 Å². The van der Waals surface area contributed by atoms with Crippen molar-refractivity contribution < 1.29 is 14.2 Å². The van der Waals surface area contributed by atoms with Crippen molar-refractivity contribution >= 4 is 17.7 Å². The first-order valence-electron chi connectivity index (χ1n) is 14.2. The van der Waals surface area contributed by atoms with Crippen molar-refractivity contribution in [3.8, 4) is 0 Å². The normalized spacial score (nSPS) is 21.8. The van der Waals surface area contributed by atoms with Crippen LogP contribution in [0.25, 0.3) is 0 Å². The van der Waals surface area contributed by atoms with Crippen molar-refractivity contribution in [3.05, 3.63) is 108 Å². The number of rotatable bonds is 12. The molecule has 3 aromatic carbocycles. The highest BCUT2D eigenvalue weighted by Crippen LogP contribution is 2.17. The van der Waals surface area contributed by atoms with Crippen LogP contribution in [0.4, 0.5) is 0 Å². The highest BCUT2D eigenvalue weighted by atomic mass is 16.5. The summed E-state index contributed by atoms with van der Waals surface area (Å²) >= 11 is 0. The van der Waals surface area contributed by atoms with Gasteiger partial charge in [0, 0.05) is 0 Å². The van der Waals surface area contributed by atoms with Gasteiger partial charge in [0.1, 0.15) is 19.8 Å². The number of hydrogen-bond donors (Lipinski definition) is 0. The fraction of sp³-hybridized carbons (Fsp3) is 0.364. The molecule has 0 unspecified atom stereocenters. The van der Waals surface area contributed by atoms with Gasteiger partial charge in [0.15, 0.2) is 17.7 Å². The zero-order chi connectivity index (χ0) is 27.0. The van der Waals surface area contributed by atoms with Crippen molar-refractivity contribution in [2.75, 3.05) is 39.5 Å². The topological polar surface area (TPSA) is 68.0 Å². The molecule has 0 aromatic heterocycles. The summed E-state index contributed by atoms with van der Waals surface area (Å²) in [5, 5.41) is 0. The van der Waals surface area contributed by atoms with Crippen LogP contribution in [-0.2, 0) is 33.5 Å². The maximum Gasteiger partial charge on any atom is 0.198 e. The van der Waals surface area contributed by atoms with E-state index < -0.39 is 0 Å². The summed E-state index contributed by atoms with van der Waals surface area (Å²) in [4.78, 5) is 16.9. The molecule has 0 spiro atoms. The Morgan fingerprint density at radius 2 is 0.775 bits per heavy atom. The van der Waals surface area contributed by atoms with Gasteiger partial charge < -0.3 is 14.2 Å². The van der Waals surface area contributed by atoms with Crippen molar-refractivity contribution in [3.63, 3.8) is 0 Å². The smallest absolute Gasteiger partial charge is 0.198 e. The molecule has 7 heteroatoms. The van der Waals surface area contributed by atoms with Crippen LogP contribution in [0.2, 0.25) is 0 Å². The van der Waals surface area contributed by atoms with Crippen molar-refractivity contribution in [1.82, 2.24) is 4.90 Å². The van der Waals surface area contributed by atoms with E-state index in [4.69, 9.17) is 29.2 Å². The molecule has 7 nitrogen and oxygen atoms in total. The summed E-state index contributed by atoms with van der Waals surface area (Å²) in [6.07, 6.45) is 2.62. The number of nitrogens with zero attached hydrogens (tertiary/aromatic N) is 4. The molecule has 3 aliphatic rings. The second-order valence-electron chi connectivity index (χ2n) is 10.7. The largest absolute Gasteiger partial charge is 0.478 e. The Balaban J connectivity index is 1.11. The third-order valence-electron chi connectivity index (χ3n) is 7.33. The Kier molecular flexibility index (Phi) is 8.48. The Morgan fingerprint density at radius 3 is 1.07 bits per heavy atom. The van der Waals surface area contributed by atoms with Gasteiger partial charge in [0.2, 0.25) is 0 Å². The van der Waals surface area contributed by atoms with E-state index in [0.717, 1.165) is 37.0 Å². The summed E-state index contributed by atoms with van der Waals surface area (Å²) in [5.74, 6) is 2.25. The minimum Gasteiger partial charge on any atom is -0.478 e. The first kappa shape index (κ1) is 26.3. The van der Waals surface area contributed by atoms with E-state index in [9.17, 15) is 0 Å². The van der Waals surface area contributed by atoms with E-state index in [1.165, 1.54) is 16.7 Å². The fourth-order valence-corrected chi connectivity index (χ4v) is 5.38. The zero-order valence-corrected chi connectivity index (χ0v) is 22.8. The third-order valence-corrected chi connectivity index (χ3v) is 7.33. The van der Waals surface area contributed by atoms with Crippen LogP contribution < -0.4 is 0 Å². The number of hydrogen-bond acceptors (Lipinski definition) is 7. The molecule has 0 radical (unpaired) electrons. The van der Waals surface area contributed by atoms with Gasteiger partial charge in [-0.1, -0.05) is 91.0 Å². The molecule has 40 heavy (non-hydrogen) atoms. The fourth-order valence-electron chi connectivity index (χ4n) is 5.38. The Labute approximate surface area is 236 Å². The second kappa shape index (κ2) is 12.9. The number of aliphatic imine (C=N–C) groups is 3. The molecular weight excluding hydrogens is 500 g/mol. The van der Waals surface area contributed by atoms with E-state index in [1.807, 2.05) is 18.2 Å². The van der Waals surface area contributed by atoms with E-state index in [0.29, 0.717) is 39.5 Å². The first-order valence-corrected chi connectivity index (χ1v) is 14.2. The minimum absolute atomic E-state index is 0.130. The predicted molar refractivity (Wildman–Crippen MR) is 158 cm³/mol. The molecule has 0 aliphatic carbocycles. The van der Waals surface area contributed by atoms with Crippen LogP contribution in [0.1, 0.15) is 16.7 Å². The maximum absolute atomic E-state index is 6.04. The minimum atomic E-state index is 0.130. The van der Waals surface area contributed by atoms with Crippen LogP contribution in [0.15, 0.2) is 106 Å². The van der Waals surface area contributed by atoms with Gasteiger partial charge in [-0.05, 0) is 36.0 Å². The number of ether oxygens (including phenoxy) is 3. The van der Waals surface area contributed by atoms with E-state index in [-0.39, 0.29) is 18.1 Å². The third kappa shape index (κ3) is 7.36. The molecule has 3 aromatic rings. The summed E-state index contributed by atoms with van der Waals surface area (Å²) < 4.78 is 18.1. The van der Waals surface area contributed by atoms with Crippen molar-refractivity contribution in [1.29, 1.82) is 0 Å². The molecule has 0 bridgehead atoms.